The van der Waals surface area contributed by atoms with Crippen LogP contribution in [0.1, 0.15) is 28.4 Å². The van der Waals surface area contributed by atoms with Gasteiger partial charge in [0.25, 0.3) is 11.8 Å². The van der Waals surface area contributed by atoms with Gasteiger partial charge in [-0.15, -0.1) is 0 Å². The first-order valence-electron chi connectivity index (χ1n) is 10.4. The zero-order chi connectivity index (χ0) is 23.8. The Balaban J connectivity index is 1.57. The summed E-state index contributed by atoms with van der Waals surface area (Å²) in [7, 11) is 0. The zero-order valence-corrected chi connectivity index (χ0v) is 18.1. The fraction of sp³-hybridized carbons (Fsp3) is 0.200. The molecule has 5 N–H and O–H groups in total. The lowest BCUT2D eigenvalue weighted by molar-refractivity contribution is -0.133. The maximum Gasteiger partial charge on any atom is 0.268 e. The maximum absolute atomic E-state index is 13.0. The molecule has 0 bridgehead atoms. The lowest BCUT2D eigenvalue weighted by Gasteiger charge is -2.19. The van der Waals surface area contributed by atoms with E-state index in [1.807, 2.05) is 24.3 Å². The molecule has 33 heavy (non-hydrogen) atoms. The Morgan fingerprint density at radius 1 is 0.848 bits per heavy atom. The molecule has 0 saturated carbocycles. The Kier molecular flexibility index (Phi) is 8.26. The number of amides is 2. The van der Waals surface area contributed by atoms with Gasteiger partial charge in [-0.3, -0.25) is 14.8 Å². The number of hydrogen-bond donors (Lipinski definition) is 5. The number of carbonyl (C=O) groups is 2. The van der Waals surface area contributed by atoms with Gasteiger partial charge in [0.2, 0.25) is 0 Å². The van der Waals surface area contributed by atoms with Crippen LogP contribution >= 0.6 is 0 Å². The van der Waals surface area contributed by atoms with Crippen molar-refractivity contribution in [3.8, 4) is 11.1 Å². The molecule has 3 aromatic rings. The van der Waals surface area contributed by atoms with Crippen LogP contribution in [0, 0.1) is 5.82 Å². The summed E-state index contributed by atoms with van der Waals surface area (Å²) in [5.41, 5.74) is 5.75. The molecule has 0 heterocycles. The molecule has 0 fully saturated rings. The van der Waals surface area contributed by atoms with E-state index in [0.717, 1.165) is 22.3 Å². The minimum Gasteiger partial charge on any atom is -0.391 e. The largest absolute Gasteiger partial charge is 0.391 e. The first kappa shape index (κ1) is 24.1. The first-order chi connectivity index (χ1) is 15.9. The van der Waals surface area contributed by atoms with Crippen LogP contribution in [0.3, 0.4) is 0 Å². The summed E-state index contributed by atoms with van der Waals surface area (Å²) in [6.07, 6.45) is -1.18. The van der Waals surface area contributed by atoms with Gasteiger partial charge in [0.05, 0.1) is 6.10 Å². The Morgan fingerprint density at radius 3 is 1.82 bits per heavy atom. The first-order valence-corrected chi connectivity index (χ1v) is 10.4. The van der Waals surface area contributed by atoms with Gasteiger partial charge in [-0.05, 0) is 53.4 Å². The van der Waals surface area contributed by atoms with E-state index in [-0.39, 0.29) is 5.82 Å². The van der Waals surface area contributed by atoms with Crippen molar-refractivity contribution in [1.82, 2.24) is 16.1 Å². The van der Waals surface area contributed by atoms with Crippen molar-refractivity contribution in [1.29, 1.82) is 0 Å². The summed E-state index contributed by atoms with van der Waals surface area (Å²) in [6, 6.07) is 19.9. The molecule has 7 nitrogen and oxygen atoms in total. The summed E-state index contributed by atoms with van der Waals surface area (Å²) in [5, 5.41) is 24.1. The van der Waals surface area contributed by atoms with Crippen molar-refractivity contribution < 1.29 is 24.3 Å². The lowest BCUT2D eigenvalue weighted by Crippen LogP contribution is -2.51. The van der Waals surface area contributed by atoms with Crippen molar-refractivity contribution in [2.45, 2.75) is 32.2 Å². The van der Waals surface area contributed by atoms with Crippen LogP contribution < -0.4 is 16.1 Å². The molecule has 0 radical (unpaired) electrons. The third-order valence-electron chi connectivity index (χ3n) is 5.17. The van der Waals surface area contributed by atoms with Gasteiger partial charge >= 0.3 is 0 Å². The topological polar surface area (TPSA) is 111 Å². The molecule has 0 aliphatic heterocycles. The molecule has 0 saturated heterocycles. The summed E-state index contributed by atoms with van der Waals surface area (Å²) >= 11 is 0. The highest BCUT2D eigenvalue weighted by molar-refractivity contribution is 5.97. The van der Waals surface area contributed by atoms with Gasteiger partial charge in [-0.25, -0.2) is 9.87 Å². The van der Waals surface area contributed by atoms with E-state index in [0.29, 0.717) is 18.7 Å². The number of nitrogens with one attached hydrogen (secondary N) is 3. The smallest absolute Gasteiger partial charge is 0.268 e. The average Bonchev–Trinajstić information content (AvgIpc) is 2.83. The van der Waals surface area contributed by atoms with E-state index >= 15 is 0 Å². The molecule has 2 amide bonds. The fourth-order valence-electron chi connectivity index (χ4n) is 3.28. The summed E-state index contributed by atoms with van der Waals surface area (Å²) in [5.74, 6) is -1.69. The molecule has 3 rings (SSSR count). The molecular formula is C25H26FN3O4. The summed E-state index contributed by atoms with van der Waals surface area (Å²) in [6.45, 7) is 2.65. The zero-order valence-electron chi connectivity index (χ0n) is 18.1. The van der Waals surface area contributed by atoms with Gasteiger partial charge in [0.15, 0.2) is 0 Å². The molecule has 2 atom stereocenters. The van der Waals surface area contributed by atoms with E-state index in [9.17, 15) is 19.1 Å². The van der Waals surface area contributed by atoms with Crippen molar-refractivity contribution >= 4 is 11.8 Å². The maximum atomic E-state index is 13.0. The third kappa shape index (κ3) is 6.69. The monoisotopic (exact) mass is 451 g/mol. The predicted molar refractivity (Wildman–Crippen MR) is 122 cm³/mol. The Bertz CT molecular complexity index is 1070. The van der Waals surface area contributed by atoms with Gasteiger partial charge < -0.3 is 15.7 Å². The van der Waals surface area contributed by atoms with Crippen molar-refractivity contribution in [3.63, 3.8) is 0 Å². The number of halogens is 1. The number of aliphatic hydroxyl groups is 1. The predicted octanol–water partition coefficient (Wildman–Crippen LogP) is 2.77. The minimum atomic E-state index is -1.27. The van der Waals surface area contributed by atoms with E-state index in [1.54, 1.807) is 36.4 Å². The Morgan fingerprint density at radius 2 is 1.33 bits per heavy atom. The summed E-state index contributed by atoms with van der Waals surface area (Å²) in [4.78, 5) is 24.0. The van der Waals surface area contributed by atoms with Crippen LogP contribution in [0.4, 0.5) is 4.39 Å². The Hall–Kier alpha value is -3.59. The minimum absolute atomic E-state index is 0.249. The average molecular weight is 451 g/mol. The Labute approximate surface area is 191 Å². The summed E-state index contributed by atoms with van der Waals surface area (Å²) < 4.78 is 13.0. The second-order valence-corrected chi connectivity index (χ2v) is 7.67. The molecule has 0 aromatic heterocycles. The normalized spacial score (nSPS) is 12.6. The number of hydrogen-bond acceptors (Lipinski definition) is 5. The number of benzene rings is 3. The van der Waals surface area contributed by atoms with Gasteiger partial charge in [0, 0.05) is 18.7 Å². The SMILES string of the molecule is C[C@@H](O)[C@H](NC(=O)c1ccc(-c2ccc(CNCc3ccc(F)cc3)cc2)cc1)C(=O)NO. The van der Waals surface area contributed by atoms with Gasteiger partial charge in [0.1, 0.15) is 11.9 Å². The highest BCUT2D eigenvalue weighted by atomic mass is 19.1. The van der Waals surface area contributed by atoms with Crippen molar-refractivity contribution in [2.24, 2.45) is 0 Å². The number of aliphatic hydroxyl groups excluding tert-OH is 1. The van der Waals surface area contributed by atoms with E-state index in [1.165, 1.54) is 24.5 Å². The second kappa shape index (κ2) is 11.3. The number of rotatable bonds is 9. The molecule has 8 heteroatoms. The fourth-order valence-corrected chi connectivity index (χ4v) is 3.28. The number of hydroxylamine groups is 1. The van der Waals surface area contributed by atoms with Crippen LogP contribution in [0.15, 0.2) is 72.8 Å². The highest BCUT2D eigenvalue weighted by Crippen LogP contribution is 2.20. The van der Waals surface area contributed by atoms with Crippen LogP contribution in [-0.2, 0) is 17.9 Å². The van der Waals surface area contributed by atoms with Crippen LogP contribution in [0.25, 0.3) is 11.1 Å². The third-order valence-corrected chi connectivity index (χ3v) is 5.17. The van der Waals surface area contributed by atoms with E-state index in [2.05, 4.69) is 10.6 Å². The lowest BCUT2D eigenvalue weighted by atomic mass is 10.0. The van der Waals surface area contributed by atoms with E-state index < -0.39 is 24.0 Å². The van der Waals surface area contributed by atoms with Crippen LogP contribution in [-0.4, -0.2) is 34.3 Å². The molecule has 0 spiro atoms. The van der Waals surface area contributed by atoms with Crippen LogP contribution in [0.2, 0.25) is 0 Å². The molecule has 3 aromatic carbocycles. The van der Waals surface area contributed by atoms with Crippen molar-refractivity contribution in [2.75, 3.05) is 0 Å². The standard InChI is InChI=1S/C25H26FN3O4/c1-16(30)23(25(32)29-33)28-24(31)21-10-8-20(9-11-21)19-6-2-17(3-7-19)14-27-15-18-4-12-22(26)13-5-18/h2-13,16,23,27,30,33H,14-15H2,1H3,(H,28,31)(H,29,32)/t16-,23+/m1/s1. The molecular weight excluding hydrogens is 425 g/mol. The number of carbonyl (C=O) groups excluding carboxylic acids is 2. The quantitative estimate of drug-likeness (QED) is 0.254. The highest BCUT2D eigenvalue weighted by Gasteiger charge is 2.25. The van der Waals surface area contributed by atoms with Gasteiger partial charge in [-0.1, -0.05) is 48.5 Å². The van der Waals surface area contributed by atoms with E-state index in [4.69, 9.17) is 5.21 Å². The van der Waals surface area contributed by atoms with Crippen LogP contribution in [0.5, 0.6) is 0 Å². The molecule has 172 valence electrons. The van der Waals surface area contributed by atoms with Crippen molar-refractivity contribution in [3.05, 3.63) is 95.3 Å². The molecule has 0 unspecified atom stereocenters. The molecule has 0 aliphatic carbocycles. The van der Waals surface area contributed by atoms with Gasteiger partial charge in [-0.2, -0.15) is 0 Å². The second-order valence-electron chi connectivity index (χ2n) is 7.67. The molecule has 0 aliphatic rings.